The minimum Gasteiger partial charge on any atom is -0.494 e. The summed E-state index contributed by atoms with van der Waals surface area (Å²) in [7, 11) is -1.46. The first-order valence-corrected chi connectivity index (χ1v) is 11.6. The Labute approximate surface area is 127 Å². The van der Waals surface area contributed by atoms with Gasteiger partial charge < -0.3 is 4.74 Å². The lowest BCUT2D eigenvalue weighted by Crippen LogP contribution is -2.04. The van der Waals surface area contributed by atoms with E-state index in [1.165, 1.54) is 37.7 Å². The molecule has 2 rings (SSSR count). The van der Waals surface area contributed by atoms with Crippen LogP contribution in [0.15, 0.2) is 24.3 Å². The van der Waals surface area contributed by atoms with Crippen LogP contribution in [0.2, 0.25) is 6.04 Å². The van der Waals surface area contributed by atoms with Crippen LogP contribution in [0.25, 0.3) is 0 Å². The fourth-order valence-corrected chi connectivity index (χ4v) is 4.10. The van der Waals surface area contributed by atoms with Gasteiger partial charge in [0, 0.05) is 0 Å². The summed E-state index contributed by atoms with van der Waals surface area (Å²) in [6, 6.07) is 9.57. The lowest BCUT2D eigenvalue weighted by molar-refractivity contribution is 0.317. The van der Waals surface area contributed by atoms with Crippen molar-refractivity contribution in [1.29, 1.82) is 0 Å². The first-order chi connectivity index (χ1) is 9.25. The van der Waals surface area contributed by atoms with Gasteiger partial charge in [-0.15, -0.1) is 0 Å². The van der Waals surface area contributed by atoms with E-state index in [1.807, 2.05) is 0 Å². The molecule has 4 heteroatoms. The van der Waals surface area contributed by atoms with Crippen molar-refractivity contribution >= 4 is 29.6 Å². The molecule has 106 valence electrons. The van der Waals surface area contributed by atoms with Gasteiger partial charge in [-0.1, -0.05) is 31.4 Å². The highest BCUT2D eigenvalue weighted by atomic mass is 35.7. The Morgan fingerprint density at radius 1 is 1.05 bits per heavy atom. The molecule has 0 unspecified atom stereocenters. The van der Waals surface area contributed by atoms with Crippen LogP contribution in [0.1, 0.15) is 50.0 Å². The van der Waals surface area contributed by atoms with Gasteiger partial charge in [-0.2, -0.15) is 22.2 Å². The predicted octanol–water partition coefficient (Wildman–Crippen LogP) is 5.20. The summed E-state index contributed by atoms with van der Waals surface area (Å²) in [6.45, 7) is 0.714. The molecular weight excluding hydrogens is 295 g/mol. The minimum absolute atomic E-state index is 0.714. The number of ether oxygens (including phenoxy) is 1. The van der Waals surface area contributed by atoms with Gasteiger partial charge in [-0.05, 0) is 48.9 Å². The molecule has 0 bridgehead atoms. The molecule has 0 radical (unpaired) electrons. The quantitative estimate of drug-likeness (QED) is 0.398. The van der Waals surface area contributed by atoms with Gasteiger partial charge in [0.15, 0.2) is 0 Å². The van der Waals surface area contributed by atoms with E-state index >= 15 is 0 Å². The zero-order chi connectivity index (χ0) is 13.5. The lowest BCUT2D eigenvalue weighted by Gasteiger charge is -2.22. The Hall–Kier alpha value is -0.183. The van der Waals surface area contributed by atoms with Crippen LogP contribution in [0.4, 0.5) is 0 Å². The van der Waals surface area contributed by atoms with E-state index in [2.05, 4.69) is 24.3 Å². The molecule has 0 saturated heterocycles. The number of rotatable bonds is 6. The Bertz CT molecular complexity index is 361. The molecule has 19 heavy (non-hydrogen) atoms. The minimum atomic E-state index is -1.46. The van der Waals surface area contributed by atoms with E-state index in [0.717, 1.165) is 24.1 Å². The highest BCUT2D eigenvalue weighted by Gasteiger charge is 2.15. The third-order valence-electron chi connectivity index (χ3n) is 3.79. The van der Waals surface area contributed by atoms with E-state index in [1.54, 1.807) is 0 Å². The van der Waals surface area contributed by atoms with E-state index < -0.39 is 7.42 Å². The van der Waals surface area contributed by atoms with Crippen molar-refractivity contribution in [3.63, 3.8) is 0 Å². The molecule has 0 N–H and O–H groups in total. The van der Waals surface area contributed by atoms with Crippen molar-refractivity contribution < 1.29 is 4.74 Å². The molecule has 0 atom stereocenters. The average molecular weight is 317 g/mol. The van der Waals surface area contributed by atoms with Crippen LogP contribution in [0.5, 0.6) is 5.75 Å². The van der Waals surface area contributed by atoms with E-state index in [0.29, 0.717) is 6.61 Å². The fourth-order valence-electron chi connectivity index (χ4n) is 2.70. The molecule has 1 aliphatic carbocycles. The van der Waals surface area contributed by atoms with Gasteiger partial charge in [-0.3, -0.25) is 0 Å². The topological polar surface area (TPSA) is 9.23 Å². The maximum atomic E-state index is 5.82. The lowest BCUT2D eigenvalue weighted by atomic mass is 9.84. The SMILES string of the molecule is Cl[SiH](Cl)CCCOc1ccc(C2CCCCC2)cc1. The van der Waals surface area contributed by atoms with Crippen molar-refractivity contribution in [2.75, 3.05) is 6.61 Å². The Kier molecular flexibility index (Phi) is 6.55. The molecule has 1 nitrogen and oxygen atoms in total. The molecule has 0 spiro atoms. The zero-order valence-electron chi connectivity index (χ0n) is 11.3. The van der Waals surface area contributed by atoms with E-state index in [-0.39, 0.29) is 0 Å². The van der Waals surface area contributed by atoms with Gasteiger partial charge in [0.2, 0.25) is 7.42 Å². The van der Waals surface area contributed by atoms with Crippen LogP contribution in [-0.4, -0.2) is 14.0 Å². The van der Waals surface area contributed by atoms with Crippen molar-refractivity contribution in [2.45, 2.75) is 50.5 Å². The zero-order valence-corrected chi connectivity index (χ0v) is 14.0. The van der Waals surface area contributed by atoms with Crippen LogP contribution in [0, 0.1) is 0 Å². The first kappa shape index (κ1) is 15.2. The van der Waals surface area contributed by atoms with Gasteiger partial charge in [-0.25, -0.2) is 0 Å². The molecule has 0 aromatic heterocycles. The maximum absolute atomic E-state index is 5.82. The summed E-state index contributed by atoms with van der Waals surface area (Å²) >= 11 is 11.6. The van der Waals surface area contributed by atoms with Crippen LogP contribution in [-0.2, 0) is 0 Å². The van der Waals surface area contributed by atoms with Crippen molar-refractivity contribution in [2.24, 2.45) is 0 Å². The average Bonchev–Trinajstić information content (AvgIpc) is 2.45. The van der Waals surface area contributed by atoms with Crippen LogP contribution in [0.3, 0.4) is 0 Å². The maximum Gasteiger partial charge on any atom is 0.237 e. The third kappa shape index (κ3) is 5.37. The summed E-state index contributed by atoms with van der Waals surface area (Å²) in [5.41, 5.74) is 1.47. The van der Waals surface area contributed by atoms with Gasteiger partial charge in [0.1, 0.15) is 5.75 Å². The van der Waals surface area contributed by atoms with Crippen LogP contribution < -0.4 is 4.74 Å². The molecular formula is C15H22Cl2OSi. The molecule has 1 aromatic carbocycles. The van der Waals surface area contributed by atoms with Gasteiger partial charge in [0.05, 0.1) is 6.61 Å². The fraction of sp³-hybridized carbons (Fsp3) is 0.600. The monoisotopic (exact) mass is 316 g/mol. The molecule has 1 saturated carbocycles. The van der Waals surface area contributed by atoms with Gasteiger partial charge in [0.25, 0.3) is 0 Å². The molecule has 1 aromatic rings. The second-order valence-corrected chi connectivity index (χ2v) is 10.5. The predicted molar refractivity (Wildman–Crippen MR) is 86.0 cm³/mol. The smallest absolute Gasteiger partial charge is 0.237 e. The van der Waals surface area contributed by atoms with Crippen molar-refractivity contribution in [3.8, 4) is 5.75 Å². The largest absolute Gasteiger partial charge is 0.494 e. The van der Waals surface area contributed by atoms with E-state index in [9.17, 15) is 0 Å². The Morgan fingerprint density at radius 3 is 2.37 bits per heavy atom. The molecule has 0 amide bonds. The summed E-state index contributed by atoms with van der Waals surface area (Å²) in [4.78, 5) is 0. The number of benzene rings is 1. The summed E-state index contributed by atoms with van der Waals surface area (Å²) in [5.74, 6) is 1.73. The van der Waals surface area contributed by atoms with Crippen molar-refractivity contribution in [3.05, 3.63) is 29.8 Å². The standard InChI is InChI=1S/C15H22Cl2OSi/c16-19(17)12-4-11-18-15-9-7-14(8-10-15)13-5-2-1-3-6-13/h7-10,13,19H,1-6,11-12H2. The molecule has 1 fully saturated rings. The Morgan fingerprint density at radius 2 is 1.74 bits per heavy atom. The summed E-state index contributed by atoms with van der Waals surface area (Å²) in [5, 5.41) is 0. The molecule has 0 heterocycles. The van der Waals surface area contributed by atoms with Crippen molar-refractivity contribution in [1.82, 2.24) is 0 Å². The van der Waals surface area contributed by atoms with Gasteiger partial charge >= 0.3 is 0 Å². The summed E-state index contributed by atoms with van der Waals surface area (Å²) < 4.78 is 5.70. The van der Waals surface area contributed by atoms with E-state index in [4.69, 9.17) is 26.9 Å². The summed E-state index contributed by atoms with van der Waals surface area (Å²) in [6.07, 6.45) is 7.81. The van der Waals surface area contributed by atoms with Crippen LogP contribution >= 0.6 is 22.2 Å². The number of hydrogen-bond acceptors (Lipinski definition) is 1. The normalized spacial score (nSPS) is 16.8. The number of hydrogen-bond donors (Lipinski definition) is 0. The second kappa shape index (κ2) is 8.18. The highest BCUT2D eigenvalue weighted by Crippen LogP contribution is 2.33. The Balaban J connectivity index is 1.77. The second-order valence-electron chi connectivity index (χ2n) is 5.29. The highest BCUT2D eigenvalue weighted by molar-refractivity contribution is 7.33. The molecule has 1 aliphatic rings. The number of halogens is 2. The third-order valence-corrected chi connectivity index (χ3v) is 5.95. The molecule has 0 aliphatic heterocycles. The first-order valence-electron chi connectivity index (χ1n) is 7.26.